The number of anilines is 1. The summed E-state index contributed by atoms with van der Waals surface area (Å²) in [5, 5.41) is 10.4. The Labute approximate surface area is 170 Å². The minimum atomic E-state index is 0.430. The summed E-state index contributed by atoms with van der Waals surface area (Å²) in [4.78, 5) is 12.5. The van der Waals surface area contributed by atoms with Crippen LogP contribution in [0, 0.1) is 38.0 Å². The number of piperidine rings is 1. The van der Waals surface area contributed by atoms with Gasteiger partial charge in [0.25, 0.3) is 0 Å². The number of pyridine rings is 1. The standard InChI is InChI=1S/C21H25ClN4S/c1-13-4-5-17(27-13)11-25-8-6-16-7-9-26(19(16)12-25)21-18(10-23)14(2)20(22)15(3)24-21/h4-5,16,19H,6-9,11-12H2,1-3H3. The molecule has 2 fully saturated rings. The normalized spacial score (nSPS) is 22.7. The molecule has 6 heteroatoms. The third-order valence-corrected chi connectivity index (χ3v) is 7.57. The van der Waals surface area contributed by atoms with Gasteiger partial charge in [0.05, 0.1) is 16.3 Å². The van der Waals surface area contributed by atoms with E-state index in [4.69, 9.17) is 16.6 Å². The van der Waals surface area contributed by atoms with Crippen molar-refractivity contribution in [3.63, 3.8) is 0 Å². The zero-order chi connectivity index (χ0) is 19.1. The highest BCUT2D eigenvalue weighted by Gasteiger charge is 2.40. The van der Waals surface area contributed by atoms with Crippen LogP contribution < -0.4 is 4.90 Å². The summed E-state index contributed by atoms with van der Waals surface area (Å²) in [6.45, 7) is 10.2. The summed E-state index contributed by atoms with van der Waals surface area (Å²) in [7, 11) is 0. The highest BCUT2D eigenvalue weighted by molar-refractivity contribution is 7.11. The van der Waals surface area contributed by atoms with Gasteiger partial charge in [-0.1, -0.05) is 11.6 Å². The molecule has 0 saturated carbocycles. The first-order chi connectivity index (χ1) is 13.0. The Hall–Kier alpha value is -1.61. The van der Waals surface area contributed by atoms with Gasteiger partial charge in [0, 0.05) is 35.4 Å². The molecule has 2 atom stereocenters. The van der Waals surface area contributed by atoms with Gasteiger partial charge in [-0.15, -0.1) is 11.3 Å². The zero-order valence-corrected chi connectivity index (χ0v) is 17.7. The van der Waals surface area contributed by atoms with Gasteiger partial charge < -0.3 is 4.90 Å². The summed E-state index contributed by atoms with van der Waals surface area (Å²) in [6, 6.07) is 7.24. The molecule has 0 aliphatic carbocycles. The van der Waals surface area contributed by atoms with Crippen LogP contribution in [0.5, 0.6) is 0 Å². The van der Waals surface area contributed by atoms with Crippen molar-refractivity contribution in [1.29, 1.82) is 5.26 Å². The fraction of sp³-hybridized carbons (Fsp3) is 0.524. The van der Waals surface area contributed by atoms with E-state index in [2.05, 4.69) is 34.9 Å². The second-order valence-corrected chi connectivity index (χ2v) is 9.54. The maximum absolute atomic E-state index is 9.74. The van der Waals surface area contributed by atoms with Crippen molar-refractivity contribution in [3.8, 4) is 6.07 Å². The molecular weight excluding hydrogens is 376 g/mol. The lowest BCUT2D eigenvalue weighted by Crippen LogP contribution is -2.48. The second kappa shape index (κ2) is 7.43. The van der Waals surface area contributed by atoms with Crippen LogP contribution in [0.2, 0.25) is 5.02 Å². The van der Waals surface area contributed by atoms with Crippen LogP contribution in [-0.2, 0) is 6.54 Å². The Morgan fingerprint density at radius 3 is 2.74 bits per heavy atom. The van der Waals surface area contributed by atoms with Gasteiger partial charge in [-0.05, 0) is 63.8 Å². The average Bonchev–Trinajstić information content (AvgIpc) is 3.25. The predicted octanol–water partition coefficient (Wildman–Crippen LogP) is 4.69. The van der Waals surface area contributed by atoms with Crippen molar-refractivity contribution >= 4 is 28.8 Å². The summed E-state index contributed by atoms with van der Waals surface area (Å²) >= 11 is 8.24. The van der Waals surface area contributed by atoms with E-state index in [0.29, 0.717) is 22.5 Å². The third-order valence-electron chi connectivity index (χ3n) is 6.03. The minimum Gasteiger partial charge on any atom is -0.351 e. The molecule has 0 bridgehead atoms. The number of nitrogens with zero attached hydrogens (tertiary/aromatic N) is 4. The van der Waals surface area contributed by atoms with E-state index in [0.717, 1.165) is 43.3 Å². The summed E-state index contributed by atoms with van der Waals surface area (Å²) < 4.78 is 0. The lowest BCUT2D eigenvalue weighted by Gasteiger charge is -2.39. The second-order valence-electron chi connectivity index (χ2n) is 7.79. The molecule has 2 aliphatic heterocycles. The molecular formula is C21H25ClN4S. The molecule has 0 radical (unpaired) electrons. The number of hydrogen-bond acceptors (Lipinski definition) is 5. The van der Waals surface area contributed by atoms with Gasteiger partial charge in [0.15, 0.2) is 0 Å². The first-order valence-electron chi connectivity index (χ1n) is 9.59. The van der Waals surface area contributed by atoms with Crippen LogP contribution in [0.4, 0.5) is 5.82 Å². The van der Waals surface area contributed by atoms with E-state index in [9.17, 15) is 5.26 Å². The minimum absolute atomic E-state index is 0.430. The van der Waals surface area contributed by atoms with Crippen molar-refractivity contribution in [1.82, 2.24) is 9.88 Å². The molecule has 142 valence electrons. The third kappa shape index (κ3) is 3.47. The maximum atomic E-state index is 9.74. The fourth-order valence-electron chi connectivity index (χ4n) is 4.56. The van der Waals surface area contributed by atoms with Gasteiger partial charge >= 0.3 is 0 Å². The molecule has 2 saturated heterocycles. The molecule has 0 aromatic carbocycles. The summed E-state index contributed by atoms with van der Waals surface area (Å²) in [5.41, 5.74) is 2.30. The van der Waals surface area contributed by atoms with Crippen molar-refractivity contribution in [3.05, 3.63) is 43.7 Å². The van der Waals surface area contributed by atoms with Crippen LogP contribution >= 0.6 is 22.9 Å². The molecule has 0 amide bonds. The zero-order valence-electron chi connectivity index (χ0n) is 16.1. The molecule has 2 aromatic heterocycles. The molecule has 4 nitrogen and oxygen atoms in total. The number of likely N-dealkylation sites (tertiary alicyclic amines) is 1. The Morgan fingerprint density at radius 2 is 2.04 bits per heavy atom. The molecule has 2 unspecified atom stereocenters. The number of hydrogen-bond donors (Lipinski definition) is 0. The maximum Gasteiger partial charge on any atom is 0.147 e. The smallest absolute Gasteiger partial charge is 0.147 e. The Balaban J connectivity index is 1.59. The van der Waals surface area contributed by atoms with E-state index in [1.807, 2.05) is 25.2 Å². The Morgan fingerprint density at radius 1 is 1.26 bits per heavy atom. The van der Waals surface area contributed by atoms with Gasteiger partial charge in [-0.3, -0.25) is 4.90 Å². The van der Waals surface area contributed by atoms with Crippen LogP contribution in [-0.4, -0.2) is 35.6 Å². The number of halogens is 1. The van der Waals surface area contributed by atoms with E-state index in [1.54, 1.807) is 0 Å². The van der Waals surface area contributed by atoms with Gasteiger partial charge in [0.1, 0.15) is 11.9 Å². The lowest BCUT2D eigenvalue weighted by molar-refractivity contribution is 0.168. The number of aromatic nitrogens is 1. The van der Waals surface area contributed by atoms with Crippen molar-refractivity contribution < 1.29 is 0 Å². The molecule has 4 rings (SSSR count). The highest BCUT2D eigenvalue weighted by Crippen LogP contribution is 2.38. The summed E-state index contributed by atoms with van der Waals surface area (Å²) in [6.07, 6.45) is 2.41. The predicted molar refractivity (Wildman–Crippen MR) is 112 cm³/mol. The SMILES string of the molecule is Cc1ccc(CN2CCC3CCN(c4nc(C)c(Cl)c(C)c4C#N)C3C2)s1. The molecule has 4 heterocycles. The number of thiophene rings is 1. The Bertz CT molecular complexity index is 900. The monoisotopic (exact) mass is 400 g/mol. The van der Waals surface area contributed by atoms with Crippen LogP contribution in [0.25, 0.3) is 0 Å². The molecule has 0 spiro atoms. The fourth-order valence-corrected chi connectivity index (χ4v) is 5.63. The quantitative estimate of drug-likeness (QED) is 0.749. The molecule has 2 aromatic rings. The van der Waals surface area contributed by atoms with Crippen LogP contribution in [0.15, 0.2) is 12.1 Å². The molecule has 0 N–H and O–H groups in total. The first-order valence-corrected chi connectivity index (χ1v) is 10.8. The average molecular weight is 401 g/mol. The van der Waals surface area contributed by atoms with Crippen molar-refractivity contribution in [2.24, 2.45) is 5.92 Å². The van der Waals surface area contributed by atoms with E-state index < -0.39 is 0 Å². The van der Waals surface area contributed by atoms with Gasteiger partial charge in [0.2, 0.25) is 0 Å². The van der Waals surface area contributed by atoms with E-state index in [1.165, 1.54) is 22.6 Å². The van der Waals surface area contributed by atoms with E-state index >= 15 is 0 Å². The van der Waals surface area contributed by atoms with Gasteiger partial charge in [-0.2, -0.15) is 5.26 Å². The number of nitriles is 1. The number of fused-ring (bicyclic) bond motifs is 1. The van der Waals surface area contributed by atoms with Crippen molar-refractivity contribution in [2.45, 2.75) is 46.2 Å². The topological polar surface area (TPSA) is 43.2 Å². The van der Waals surface area contributed by atoms with Gasteiger partial charge in [-0.25, -0.2) is 4.98 Å². The van der Waals surface area contributed by atoms with Crippen LogP contribution in [0.1, 0.15) is 39.4 Å². The highest BCUT2D eigenvalue weighted by atomic mass is 35.5. The van der Waals surface area contributed by atoms with E-state index in [-0.39, 0.29) is 0 Å². The first kappa shape index (κ1) is 18.7. The molecule has 2 aliphatic rings. The summed E-state index contributed by atoms with van der Waals surface area (Å²) in [5.74, 6) is 1.52. The molecule has 27 heavy (non-hydrogen) atoms. The lowest BCUT2D eigenvalue weighted by atomic mass is 9.92. The number of rotatable bonds is 3. The van der Waals surface area contributed by atoms with Crippen LogP contribution in [0.3, 0.4) is 0 Å². The van der Waals surface area contributed by atoms with Crippen molar-refractivity contribution in [2.75, 3.05) is 24.5 Å². The largest absolute Gasteiger partial charge is 0.351 e. The number of aryl methyl sites for hydroxylation is 2. The Kier molecular flexibility index (Phi) is 5.15.